The first-order chi connectivity index (χ1) is 13.9. The van der Waals surface area contributed by atoms with Crippen molar-refractivity contribution in [1.82, 2.24) is 0 Å². The summed E-state index contributed by atoms with van der Waals surface area (Å²) in [7, 11) is 0. The van der Waals surface area contributed by atoms with E-state index in [1.807, 2.05) is 49.0 Å². The van der Waals surface area contributed by atoms with E-state index in [1.165, 1.54) is 0 Å². The van der Waals surface area contributed by atoms with E-state index in [0.29, 0.717) is 16.4 Å². The Morgan fingerprint density at radius 3 is 2.90 bits per heavy atom. The monoisotopic (exact) mass is 420 g/mol. The summed E-state index contributed by atoms with van der Waals surface area (Å²) in [5.74, 6) is 0.542. The van der Waals surface area contributed by atoms with Crippen molar-refractivity contribution in [3.8, 4) is 5.75 Å². The zero-order valence-electron chi connectivity index (χ0n) is 16.9. The number of aliphatic hydroxyl groups excluding tert-OH is 2. The van der Waals surface area contributed by atoms with Crippen LogP contribution in [0.5, 0.6) is 5.75 Å². The van der Waals surface area contributed by atoms with Crippen LogP contribution < -0.4 is 4.74 Å². The van der Waals surface area contributed by atoms with Gasteiger partial charge in [0, 0.05) is 22.8 Å². The van der Waals surface area contributed by atoms with Gasteiger partial charge in [0.25, 0.3) is 0 Å². The second kappa shape index (κ2) is 10.5. The predicted octanol–water partition coefficient (Wildman–Crippen LogP) is 3.81. The van der Waals surface area contributed by atoms with Gasteiger partial charge in [0.15, 0.2) is 0 Å². The minimum absolute atomic E-state index is 0.0700. The number of carboxylic acid groups (broad SMARTS) is 1. The number of para-hydroxylation sites is 1. The van der Waals surface area contributed by atoms with Gasteiger partial charge < -0.3 is 20.1 Å². The first kappa shape index (κ1) is 22.2. The molecule has 0 radical (unpaired) electrons. The lowest BCUT2D eigenvalue weighted by atomic mass is 9.88. The Hall–Kier alpha value is -1.50. The third-order valence-corrected chi connectivity index (χ3v) is 7.80. The van der Waals surface area contributed by atoms with Crippen LogP contribution >= 0.6 is 11.8 Å². The molecule has 1 aliphatic heterocycles. The van der Waals surface area contributed by atoms with Crippen LogP contribution in [-0.2, 0) is 4.79 Å². The fraction of sp³-hybridized carbons (Fsp3) is 0.609. The second-order valence-corrected chi connectivity index (χ2v) is 9.78. The molecule has 3 rings (SSSR count). The molecule has 6 heteroatoms. The van der Waals surface area contributed by atoms with Gasteiger partial charge >= 0.3 is 5.97 Å². The van der Waals surface area contributed by atoms with Gasteiger partial charge in [0.05, 0.1) is 6.10 Å². The number of benzene rings is 1. The van der Waals surface area contributed by atoms with E-state index in [0.717, 1.165) is 43.4 Å². The van der Waals surface area contributed by atoms with E-state index in [2.05, 4.69) is 0 Å². The van der Waals surface area contributed by atoms with Crippen LogP contribution in [0.3, 0.4) is 0 Å². The van der Waals surface area contributed by atoms with Crippen LogP contribution in [0.25, 0.3) is 0 Å². The lowest BCUT2D eigenvalue weighted by Gasteiger charge is -2.33. The van der Waals surface area contributed by atoms with E-state index in [-0.39, 0.29) is 25.0 Å². The van der Waals surface area contributed by atoms with Crippen LogP contribution in [-0.4, -0.2) is 50.6 Å². The van der Waals surface area contributed by atoms with Crippen molar-refractivity contribution in [2.75, 3.05) is 6.61 Å². The molecule has 29 heavy (non-hydrogen) atoms. The maximum Gasteiger partial charge on any atom is 0.303 e. The van der Waals surface area contributed by atoms with E-state index >= 15 is 0 Å². The molecule has 6 atom stereocenters. The second-order valence-electron chi connectivity index (χ2n) is 8.23. The fourth-order valence-electron chi connectivity index (χ4n) is 4.50. The van der Waals surface area contributed by atoms with Crippen LogP contribution in [0, 0.1) is 18.8 Å². The Morgan fingerprint density at radius 1 is 1.34 bits per heavy atom. The maximum absolute atomic E-state index is 10.7. The van der Waals surface area contributed by atoms with Crippen molar-refractivity contribution in [1.29, 1.82) is 0 Å². The summed E-state index contributed by atoms with van der Waals surface area (Å²) in [5, 5.41) is 30.6. The third kappa shape index (κ3) is 6.24. The quantitative estimate of drug-likeness (QED) is 0.527. The first-order valence-electron chi connectivity index (χ1n) is 10.5. The Labute approximate surface area is 177 Å². The Bertz CT molecular complexity index is 706. The van der Waals surface area contributed by atoms with Gasteiger partial charge in [-0.2, -0.15) is 11.8 Å². The summed E-state index contributed by atoms with van der Waals surface area (Å²) in [5.41, 5.74) is 1.04. The molecule has 0 aromatic heterocycles. The zero-order valence-corrected chi connectivity index (χ0v) is 17.8. The molecule has 1 aliphatic carbocycles. The normalized spacial score (nSPS) is 30.2. The summed E-state index contributed by atoms with van der Waals surface area (Å²) < 4.78 is 5.71. The molecule has 2 aliphatic rings. The average Bonchev–Trinajstić information content (AvgIpc) is 2.99. The van der Waals surface area contributed by atoms with Crippen LogP contribution in [0.1, 0.15) is 44.1 Å². The predicted molar refractivity (Wildman–Crippen MR) is 115 cm³/mol. The van der Waals surface area contributed by atoms with Gasteiger partial charge in [-0.3, -0.25) is 4.79 Å². The lowest BCUT2D eigenvalue weighted by molar-refractivity contribution is -0.137. The average molecular weight is 421 g/mol. The SMILES string of the molecule is Cc1ccccc1OC[C@H](O)C=C[C@@H]1[C@H]2CC[C@H](CCCC(=O)O)S[C@H]2C[C@H]1O. The Morgan fingerprint density at radius 2 is 2.14 bits per heavy atom. The van der Waals surface area contributed by atoms with E-state index in [9.17, 15) is 15.0 Å². The number of aryl methyl sites for hydroxylation is 1. The lowest BCUT2D eigenvalue weighted by Crippen LogP contribution is -2.27. The van der Waals surface area contributed by atoms with Gasteiger partial charge in [0.1, 0.15) is 18.5 Å². The molecule has 1 aromatic carbocycles. The van der Waals surface area contributed by atoms with Crippen molar-refractivity contribution in [2.24, 2.45) is 11.8 Å². The minimum atomic E-state index is -0.727. The number of hydrogen-bond donors (Lipinski definition) is 3. The van der Waals surface area contributed by atoms with E-state index in [1.54, 1.807) is 6.08 Å². The standard InChI is InChI=1S/C23H32O5S/c1-15-5-2-3-7-21(15)28-14-16(24)9-11-18-19-12-10-17(6-4-8-23(26)27)29-22(19)13-20(18)25/h2-3,5,7,9,11,16-20,22,24-25H,4,6,8,10,12-14H2,1H3,(H,26,27)/t16-,17+,18-,19-,20-,22+/m1/s1. The molecule has 1 saturated heterocycles. The van der Waals surface area contributed by atoms with Crippen LogP contribution in [0.4, 0.5) is 0 Å². The number of thioether (sulfide) groups is 1. The first-order valence-corrected chi connectivity index (χ1v) is 11.5. The topological polar surface area (TPSA) is 87.0 Å². The van der Waals surface area contributed by atoms with Crippen LogP contribution in [0.2, 0.25) is 0 Å². The van der Waals surface area contributed by atoms with Crippen molar-refractivity contribution >= 4 is 17.7 Å². The zero-order chi connectivity index (χ0) is 20.8. The number of ether oxygens (including phenoxy) is 1. The number of aliphatic hydroxyl groups is 2. The number of rotatable bonds is 9. The van der Waals surface area contributed by atoms with Gasteiger partial charge in [-0.15, -0.1) is 0 Å². The van der Waals surface area contributed by atoms with Crippen molar-refractivity contribution in [3.05, 3.63) is 42.0 Å². The third-order valence-electron chi connectivity index (χ3n) is 6.05. The molecule has 0 spiro atoms. The molecule has 0 amide bonds. The van der Waals surface area contributed by atoms with Gasteiger partial charge in [-0.05, 0) is 56.6 Å². The highest BCUT2D eigenvalue weighted by atomic mass is 32.2. The fourth-order valence-corrected chi connectivity index (χ4v) is 6.40. The highest BCUT2D eigenvalue weighted by Crippen LogP contribution is 2.49. The highest BCUT2D eigenvalue weighted by molar-refractivity contribution is 8.00. The maximum atomic E-state index is 10.7. The smallest absolute Gasteiger partial charge is 0.303 e. The molecule has 5 nitrogen and oxygen atoms in total. The Balaban J connectivity index is 1.47. The molecule has 0 unspecified atom stereocenters. The molecular weight excluding hydrogens is 388 g/mol. The van der Waals surface area contributed by atoms with Crippen LogP contribution in [0.15, 0.2) is 36.4 Å². The van der Waals surface area contributed by atoms with E-state index in [4.69, 9.17) is 9.84 Å². The number of carbonyl (C=O) groups is 1. The highest BCUT2D eigenvalue weighted by Gasteiger charge is 2.44. The largest absolute Gasteiger partial charge is 0.490 e. The van der Waals surface area contributed by atoms with Gasteiger partial charge in [-0.1, -0.05) is 30.4 Å². The number of hydrogen-bond acceptors (Lipinski definition) is 5. The van der Waals surface area contributed by atoms with Crippen molar-refractivity contribution in [3.63, 3.8) is 0 Å². The molecule has 1 heterocycles. The molecule has 2 fully saturated rings. The molecule has 1 saturated carbocycles. The summed E-state index contributed by atoms with van der Waals surface area (Å²) in [6.45, 7) is 2.17. The summed E-state index contributed by atoms with van der Waals surface area (Å²) in [4.78, 5) is 10.7. The molecule has 160 valence electrons. The Kier molecular flexibility index (Phi) is 8.04. The molecule has 0 bridgehead atoms. The van der Waals surface area contributed by atoms with E-state index < -0.39 is 12.1 Å². The number of carboxylic acids is 1. The summed E-state index contributed by atoms with van der Waals surface area (Å²) >= 11 is 1.93. The number of aliphatic carboxylic acids is 1. The molecule has 1 aromatic rings. The summed E-state index contributed by atoms with van der Waals surface area (Å²) in [6.07, 6.45) is 7.45. The van der Waals surface area contributed by atoms with Crippen molar-refractivity contribution < 1.29 is 24.9 Å². The van der Waals surface area contributed by atoms with Gasteiger partial charge in [0.2, 0.25) is 0 Å². The molecular formula is C23H32O5S. The van der Waals surface area contributed by atoms with Gasteiger partial charge in [-0.25, -0.2) is 0 Å². The molecule has 3 N–H and O–H groups in total. The summed E-state index contributed by atoms with van der Waals surface area (Å²) in [6, 6.07) is 7.73. The number of fused-ring (bicyclic) bond motifs is 1. The minimum Gasteiger partial charge on any atom is -0.490 e. The van der Waals surface area contributed by atoms with Crippen molar-refractivity contribution in [2.45, 2.75) is 68.2 Å².